The first-order valence-electron chi connectivity index (χ1n) is 12.9. The summed E-state index contributed by atoms with van der Waals surface area (Å²) < 4.78 is 9.83. The minimum absolute atomic E-state index is 0.115. The van der Waals surface area contributed by atoms with Gasteiger partial charge in [-0.05, 0) is 57.2 Å². The third-order valence-corrected chi connectivity index (χ3v) is 5.40. The SMILES string of the molecule is CC(=O)OCCCC(=O)NCCCC(Cc1ccc(-c2ccccn2)cc1)NC(=O)CNC(=O)OC(C)C. The fourth-order valence-electron chi connectivity index (χ4n) is 3.66. The van der Waals surface area contributed by atoms with Crippen molar-refractivity contribution in [2.24, 2.45) is 0 Å². The number of alkyl carbamates (subject to hydrolysis) is 1. The minimum atomic E-state index is -0.645. The maximum Gasteiger partial charge on any atom is 0.407 e. The van der Waals surface area contributed by atoms with Crippen molar-refractivity contribution in [3.05, 3.63) is 54.2 Å². The largest absolute Gasteiger partial charge is 0.466 e. The first-order chi connectivity index (χ1) is 18.2. The van der Waals surface area contributed by atoms with Gasteiger partial charge in [0.2, 0.25) is 11.8 Å². The van der Waals surface area contributed by atoms with Crippen molar-refractivity contribution in [3.8, 4) is 11.3 Å². The number of nitrogens with one attached hydrogen (secondary N) is 3. The van der Waals surface area contributed by atoms with Gasteiger partial charge in [0.25, 0.3) is 0 Å². The normalized spacial score (nSPS) is 11.4. The third kappa shape index (κ3) is 12.8. The summed E-state index contributed by atoms with van der Waals surface area (Å²) in [6, 6.07) is 13.6. The zero-order valence-corrected chi connectivity index (χ0v) is 22.3. The van der Waals surface area contributed by atoms with Crippen LogP contribution in [0.2, 0.25) is 0 Å². The van der Waals surface area contributed by atoms with Gasteiger partial charge in [0.05, 0.1) is 18.4 Å². The van der Waals surface area contributed by atoms with Crippen LogP contribution in [0.5, 0.6) is 0 Å². The van der Waals surface area contributed by atoms with E-state index in [9.17, 15) is 19.2 Å². The standard InChI is InChI=1S/C28H38N4O6/c1-20(2)38-28(36)31-19-27(35)32-24(8-6-16-30-26(34)10-7-17-37-21(3)33)18-22-11-13-23(14-12-22)25-9-4-5-15-29-25/h4-5,9,11-15,20,24H,6-8,10,16-19H2,1-3H3,(H,30,34)(H,31,36)(H,32,35). The van der Waals surface area contributed by atoms with Crippen molar-refractivity contribution in [2.75, 3.05) is 19.7 Å². The molecule has 0 aliphatic carbocycles. The molecule has 2 aromatic rings. The summed E-state index contributed by atoms with van der Waals surface area (Å²) in [5.41, 5.74) is 2.92. The maximum absolute atomic E-state index is 12.5. The number of pyridine rings is 1. The van der Waals surface area contributed by atoms with Crippen molar-refractivity contribution < 1.29 is 28.7 Å². The fourth-order valence-corrected chi connectivity index (χ4v) is 3.66. The minimum Gasteiger partial charge on any atom is -0.466 e. The maximum atomic E-state index is 12.5. The molecular formula is C28H38N4O6. The quantitative estimate of drug-likeness (QED) is 0.240. The van der Waals surface area contributed by atoms with Crippen molar-refractivity contribution in [3.63, 3.8) is 0 Å². The highest BCUT2D eigenvalue weighted by atomic mass is 16.6. The van der Waals surface area contributed by atoms with Crippen LogP contribution in [-0.4, -0.2) is 60.7 Å². The number of nitrogens with zero attached hydrogens (tertiary/aromatic N) is 1. The first-order valence-corrected chi connectivity index (χ1v) is 12.9. The summed E-state index contributed by atoms with van der Waals surface area (Å²) in [6.07, 6.45) is 3.41. The summed E-state index contributed by atoms with van der Waals surface area (Å²) in [5, 5.41) is 8.29. The van der Waals surface area contributed by atoms with Gasteiger partial charge in [0.1, 0.15) is 6.54 Å². The zero-order valence-electron chi connectivity index (χ0n) is 22.3. The lowest BCUT2D eigenvalue weighted by Crippen LogP contribution is -2.43. The Hall–Kier alpha value is -3.95. The number of carbonyl (C=O) groups excluding carboxylic acids is 4. The smallest absolute Gasteiger partial charge is 0.407 e. The molecule has 0 saturated heterocycles. The molecule has 1 aromatic carbocycles. The van der Waals surface area contributed by atoms with Crippen molar-refractivity contribution in [2.45, 2.75) is 65.0 Å². The molecule has 0 aliphatic heterocycles. The number of hydrogen-bond acceptors (Lipinski definition) is 7. The van der Waals surface area contributed by atoms with Gasteiger partial charge in [0, 0.05) is 37.7 Å². The molecule has 0 radical (unpaired) electrons. The molecule has 0 spiro atoms. The Bertz CT molecular complexity index is 1030. The van der Waals surface area contributed by atoms with Crippen molar-refractivity contribution in [1.29, 1.82) is 0 Å². The van der Waals surface area contributed by atoms with E-state index >= 15 is 0 Å². The van der Waals surface area contributed by atoms with Crippen LogP contribution in [0, 0.1) is 0 Å². The van der Waals surface area contributed by atoms with Crippen LogP contribution >= 0.6 is 0 Å². The van der Waals surface area contributed by atoms with Crippen LogP contribution < -0.4 is 16.0 Å². The number of esters is 1. The second-order valence-corrected chi connectivity index (χ2v) is 9.12. The van der Waals surface area contributed by atoms with Crippen LogP contribution in [-0.2, 0) is 30.3 Å². The molecule has 10 nitrogen and oxygen atoms in total. The van der Waals surface area contributed by atoms with E-state index in [0.29, 0.717) is 32.2 Å². The van der Waals surface area contributed by atoms with Crippen LogP contribution in [0.15, 0.2) is 48.7 Å². The number of ether oxygens (including phenoxy) is 2. The van der Waals surface area contributed by atoms with Gasteiger partial charge in [-0.25, -0.2) is 4.79 Å². The van der Waals surface area contributed by atoms with Crippen LogP contribution in [0.4, 0.5) is 4.79 Å². The molecule has 0 bridgehead atoms. The number of benzene rings is 1. The predicted molar refractivity (Wildman–Crippen MR) is 143 cm³/mol. The third-order valence-electron chi connectivity index (χ3n) is 5.40. The number of carbonyl (C=O) groups is 4. The molecule has 1 atom stereocenters. The lowest BCUT2D eigenvalue weighted by molar-refractivity contribution is -0.141. The first kappa shape index (κ1) is 30.3. The Morgan fingerprint density at radius 3 is 2.37 bits per heavy atom. The lowest BCUT2D eigenvalue weighted by atomic mass is 9.99. The van der Waals surface area contributed by atoms with E-state index in [2.05, 4.69) is 20.9 Å². The van der Waals surface area contributed by atoms with E-state index in [1.807, 2.05) is 42.5 Å². The van der Waals surface area contributed by atoms with E-state index < -0.39 is 6.09 Å². The molecular weight excluding hydrogens is 488 g/mol. The van der Waals surface area contributed by atoms with Gasteiger partial charge in [-0.3, -0.25) is 19.4 Å². The van der Waals surface area contributed by atoms with Crippen LogP contribution in [0.1, 0.15) is 52.0 Å². The molecule has 1 heterocycles. The average Bonchev–Trinajstić information content (AvgIpc) is 2.88. The summed E-state index contributed by atoms with van der Waals surface area (Å²) in [5.74, 6) is -0.803. The second kappa shape index (κ2) is 16.7. The summed E-state index contributed by atoms with van der Waals surface area (Å²) in [6.45, 7) is 5.27. The van der Waals surface area contributed by atoms with Crippen LogP contribution in [0.25, 0.3) is 11.3 Å². The Morgan fingerprint density at radius 1 is 0.947 bits per heavy atom. The molecule has 3 amide bonds. The molecule has 206 valence electrons. The van der Waals surface area contributed by atoms with Gasteiger partial charge < -0.3 is 25.4 Å². The molecule has 10 heteroatoms. The monoisotopic (exact) mass is 526 g/mol. The molecule has 1 aromatic heterocycles. The van der Waals surface area contributed by atoms with Gasteiger partial charge in [-0.2, -0.15) is 0 Å². The zero-order chi connectivity index (χ0) is 27.8. The molecule has 0 saturated carbocycles. The number of rotatable bonds is 15. The second-order valence-electron chi connectivity index (χ2n) is 9.12. The van der Waals surface area contributed by atoms with E-state index in [-0.39, 0.29) is 49.5 Å². The van der Waals surface area contributed by atoms with Gasteiger partial charge >= 0.3 is 12.1 Å². The summed E-state index contributed by atoms with van der Waals surface area (Å²) in [7, 11) is 0. The van der Waals surface area contributed by atoms with Gasteiger partial charge in [0.15, 0.2) is 0 Å². The summed E-state index contributed by atoms with van der Waals surface area (Å²) in [4.78, 5) is 51.4. The van der Waals surface area contributed by atoms with E-state index in [4.69, 9.17) is 9.47 Å². The molecule has 1 unspecified atom stereocenters. The number of aromatic nitrogens is 1. The average molecular weight is 527 g/mol. The molecule has 0 fully saturated rings. The Morgan fingerprint density at radius 2 is 1.71 bits per heavy atom. The highest BCUT2D eigenvalue weighted by Crippen LogP contribution is 2.18. The lowest BCUT2D eigenvalue weighted by Gasteiger charge is -2.20. The van der Waals surface area contributed by atoms with Crippen LogP contribution in [0.3, 0.4) is 0 Å². The predicted octanol–water partition coefficient (Wildman–Crippen LogP) is 3.15. The fraction of sp³-hybridized carbons (Fsp3) is 0.464. The molecule has 3 N–H and O–H groups in total. The Labute approximate surface area is 223 Å². The van der Waals surface area contributed by atoms with Gasteiger partial charge in [-0.15, -0.1) is 0 Å². The number of hydrogen-bond donors (Lipinski definition) is 3. The van der Waals surface area contributed by atoms with E-state index in [0.717, 1.165) is 16.8 Å². The Kier molecular flexibility index (Phi) is 13.3. The van der Waals surface area contributed by atoms with E-state index in [1.165, 1.54) is 6.92 Å². The van der Waals surface area contributed by atoms with Gasteiger partial charge in [-0.1, -0.05) is 30.3 Å². The van der Waals surface area contributed by atoms with Crippen molar-refractivity contribution >= 4 is 23.9 Å². The molecule has 0 aliphatic rings. The van der Waals surface area contributed by atoms with E-state index in [1.54, 1.807) is 20.0 Å². The summed E-state index contributed by atoms with van der Waals surface area (Å²) >= 11 is 0. The number of amides is 3. The Balaban J connectivity index is 1.89. The topological polar surface area (TPSA) is 136 Å². The molecule has 38 heavy (non-hydrogen) atoms. The molecule has 2 rings (SSSR count). The highest BCUT2D eigenvalue weighted by Gasteiger charge is 2.15. The highest BCUT2D eigenvalue weighted by molar-refractivity contribution is 5.82. The van der Waals surface area contributed by atoms with Crippen molar-refractivity contribution in [1.82, 2.24) is 20.9 Å².